The predicted molar refractivity (Wildman–Crippen MR) is 108 cm³/mol. The number of hydrogen-bond donors (Lipinski definition) is 0. The second-order valence-corrected chi connectivity index (χ2v) is 6.61. The number of nitriles is 1. The molecule has 0 saturated carbocycles. The van der Waals surface area contributed by atoms with Gasteiger partial charge in [0.25, 0.3) is 5.56 Å². The molecule has 0 unspecified atom stereocenters. The topological polar surface area (TPSA) is 103 Å². The van der Waals surface area contributed by atoms with Crippen LogP contribution in [0.5, 0.6) is 17.2 Å². The molecular weight excluding hydrogens is 429 g/mol. The van der Waals surface area contributed by atoms with Gasteiger partial charge in [0.05, 0.1) is 32.7 Å². The Labute approximate surface area is 181 Å². The van der Waals surface area contributed by atoms with Crippen LogP contribution in [0, 0.1) is 17.1 Å². The highest BCUT2D eigenvalue weighted by Gasteiger charge is 2.23. The van der Waals surface area contributed by atoms with Crippen molar-refractivity contribution in [3.8, 4) is 23.3 Å². The Kier molecular flexibility index (Phi) is 6.52. The Morgan fingerprint density at radius 1 is 1.26 bits per heavy atom. The molecule has 0 spiro atoms. The van der Waals surface area contributed by atoms with Crippen LogP contribution in [-0.2, 0) is 11.3 Å². The first-order valence-electron chi connectivity index (χ1n) is 8.75. The molecule has 0 bridgehead atoms. The summed E-state index contributed by atoms with van der Waals surface area (Å²) in [5.74, 6) is -2.41. The number of ether oxygens (including phenoxy) is 3. The van der Waals surface area contributed by atoms with Crippen LogP contribution in [0.25, 0.3) is 0 Å². The summed E-state index contributed by atoms with van der Waals surface area (Å²) < 4.78 is 30.9. The number of hydrogen-bond acceptors (Lipinski definition) is 7. The molecule has 1 aromatic heterocycles. The van der Waals surface area contributed by atoms with Gasteiger partial charge in [-0.3, -0.25) is 9.36 Å². The van der Waals surface area contributed by atoms with E-state index in [1.165, 1.54) is 11.7 Å². The molecule has 0 fully saturated rings. The van der Waals surface area contributed by atoms with Gasteiger partial charge >= 0.3 is 5.97 Å². The van der Waals surface area contributed by atoms with E-state index in [-0.39, 0.29) is 17.1 Å². The first kappa shape index (κ1) is 21.8. The van der Waals surface area contributed by atoms with Gasteiger partial charge < -0.3 is 14.2 Å². The van der Waals surface area contributed by atoms with Crippen LogP contribution < -0.4 is 15.0 Å². The molecule has 0 saturated heterocycles. The summed E-state index contributed by atoms with van der Waals surface area (Å²) in [4.78, 5) is 29.1. The summed E-state index contributed by atoms with van der Waals surface area (Å²) in [6, 6.07) is 10.8. The Bertz CT molecular complexity index is 1240. The number of nitrogens with zero attached hydrogens (tertiary/aromatic N) is 3. The molecule has 0 aliphatic carbocycles. The van der Waals surface area contributed by atoms with Gasteiger partial charge in [-0.1, -0.05) is 23.7 Å². The largest absolute Gasteiger partial charge is 0.497 e. The summed E-state index contributed by atoms with van der Waals surface area (Å²) >= 11 is 5.90. The van der Waals surface area contributed by atoms with Crippen molar-refractivity contribution in [2.24, 2.45) is 0 Å². The molecule has 0 atom stereocenters. The lowest BCUT2D eigenvalue weighted by Crippen LogP contribution is -2.26. The van der Waals surface area contributed by atoms with E-state index in [0.29, 0.717) is 5.75 Å². The summed E-state index contributed by atoms with van der Waals surface area (Å²) in [6.45, 7) is 0.0924. The van der Waals surface area contributed by atoms with Crippen molar-refractivity contribution in [1.82, 2.24) is 9.55 Å². The summed E-state index contributed by atoms with van der Waals surface area (Å²) in [6.07, 6.45) is 1.15. The van der Waals surface area contributed by atoms with E-state index in [1.807, 2.05) is 0 Å². The third kappa shape index (κ3) is 4.65. The van der Waals surface area contributed by atoms with Crippen molar-refractivity contribution in [2.45, 2.75) is 6.54 Å². The van der Waals surface area contributed by atoms with Crippen molar-refractivity contribution in [3.63, 3.8) is 0 Å². The fourth-order valence-corrected chi connectivity index (χ4v) is 2.88. The molecule has 0 N–H and O–H groups in total. The van der Waals surface area contributed by atoms with E-state index < -0.39 is 34.5 Å². The number of rotatable bonds is 6. The van der Waals surface area contributed by atoms with Crippen LogP contribution in [0.3, 0.4) is 0 Å². The molecule has 3 aromatic rings. The molecule has 0 aliphatic rings. The van der Waals surface area contributed by atoms with Crippen molar-refractivity contribution in [3.05, 3.63) is 80.7 Å². The quantitative estimate of drug-likeness (QED) is 0.536. The van der Waals surface area contributed by atoms with Crippen molar-refractivity contribution < 1.29 is 23.4 Å². The van der Waals surface area contributed by atoms with Gasteiger partial charge in [-0.15, -0.1) is 0 Å². The Hall–Kier alpha value is -3.90. The summed E-state index contributed by atoms with van der Waals surface area (Å²) in [7, 11) is 2.63. The van der Waals surface area contributed by atoms with E-state index in [2.05, 4.69) is 9.72 Å². The maximum atomic E-state index is 14.5. The second kappa shape index (κ2) is 9.28. The van der Waals surface area contributed by atoms with Crippen LogP contribution in [0.15, 0.2) is 47.5 Å². The normalized spacial score (nSPS) is 10.3. The van der Waals surface area contributed by atoms with Crippen molar-refractivity contribution in [1.29, 1.82) is 5.26 Å². The number of esters is 1. The number of methoxy groups -OCH3 is 2. The van der Waals surface area contributed by atoms with Gasteiger partial charge in [0, 0.05) is 11.1 Å². The number of carbonyl (C=O) groups is 1. The minimum Gasteiger partial charge on any atom is -0.497 e. The number of benzene rings is 2. The molecule has 0 radical (unpaired) electrons. The predicted octanol–water partition coefficient (Wildman–Crippen LogP) is 3.54. The number of halogens is 2. The fraction of sp³-hybridized carbons (Fsp3) is 0.143. The highest BCUT2D eigenvalue weighted by atomic mass is 35.5. The van der Waals surface area contributed by atoms with Gasteiger partial charge in [0.15, 0.2) is 17.3 Å². The van der Waals surface area contributed by atoms with Crippen LogP contribution >= 0.6 is 11.6 Å². The van der Waals surface area contributed by atoms with Gasteiger partial charge in [-0.05, 0) is 23.8 Å². The lowest BCUT2D eigenvalue weighted by atomic mass is 10.2. The molecule has 158 valence electrons. The minimum absolute atomic E-state index is 0.00927. The zero-order valence-corrected chi connectivity index (χ0v) is 17.1. The molecule has 1 heterocycles. The Balaban J connectivity index is 2.08. The third-order valence-corrected chi connectivity index (χ3v) is 4.44. The molecule has 3 rings (SSSR count). The van der Waals surface area contributed by atoms with E-state index in [9.17, 15) is 14.0 Å². The maximum absolute atomic E-state index is 14.5. The van der Waals surface area contributed by atoms with Crippen LogP contribution in [0.4, 0.5) is 4.39 Å². The first-order chi connectivity index (χ1) is 14.9. The lowest BCUT2D eigenvalue weighted by Gasteiger charge is -2.13. The van der Waals surface area contributed by atoms with Gasteiger partial charge in [0.1, 0.15) is 11.8 Å². The average molecular weight is 444 g/mol. The zero-order valence-electron chi connectivity index (χ0n) is 16.4. The Morgan fingerprint density at radius 3 is 2.58 bits per heavy atom. The molecule has 10 heteroatoms. The van der Waals surface area contributed by atoms with E-state index in [0.717, 1.165) is 31.1 Å². The first-order valence-corrected chi connectivity index (χ1v) is 9.13. The third-order valence-electron chi connectivity index (χ3n) is 4.22. The summed E-state index contributed by atoms with van der Waals surface area (Å²) in [5, 5.41) is 9.06. The molecule has 0 aliphatic heterocycles. The van der Waals surface area contributed by atoms with Crippen LogP contribution in [0.2, 0.25) is 5.02 Å². The molecule has 0 amide bonds. The molecule has 31 heavy (non-hydrogen) atoms. The van der Waals surface area contributed by atoms with Gasteiger partial charge in [0.2, 0.25) is 5.75 Å². The van der Waals surface area contributed by atoms with Gasteiger partial charge in [-0.25, -0.2) is 14.2 Å². The fourth-order valence-electron chi connectivity index (χ4n) is 2.67. The van der Waals surface area contributed by atoms with Gasteiger partial charge in [-0.2, -0.15) is 5.26 Å². The maximum Gasteiger partial charge on any atom is 0.360 e. The van der Waals surface area contributed by atoms with Crippen molar-refractivity contribution >= 4 is 17.6 Å². The number of carbonyl (C=O) groups excluding carboxylic acids is 1. The average Bonchev–Trinajstić information content (AvgIpc) is 2.78. The van der Waals surface area contributed by atoms with Crippen LogP contribution in [-0.4, -0.2) is 29.7 Å². The number of aromatic nitrogens is 2. The monoisotopic (exact) mass is 443 g/mol. The molecular formula is C21H15ClFN3O5. The smallest absolute Gasteiger partial charge is 0.360 e. The SMILES string of the molecule is COC(=O)c1ncn(Cc2ccc(OC)cc2)c(=O)c1Oc1cc(Cl)cc(C#N)c1F. The standard InChI is InChI=1S/C21H15ClFN3O5/c1-29-15-5-3-12(4-6-15)10-26-11-25-18(21(28)30-2)19(20(26)27)31-16-8-14(22)7-13(9-24)17(16)23/h3-8,11H,10H2,1-2H3. The lowest BCUT2D eigenvalue weighted by molar-refractivity contribution is 0.0590. The highest BCUT2D eigenvalue weighted by molar-refractivity contribution is 6.30. The second-order valence-electron chi connectivity index (χ2n) is 6.17. The minimum atomic E-state index is -1.03. The highest BCUT2D eigenvalue weighted by Crippen LogP contribution is 2.30. The summed E-state index contributed by atoms with van der Waals surface area (Å²) in [5.41, 5.74) is -0.854. The molecule has 8 nitrogen and oxygen atoms in total. The van der Waals surface area contributed by atoms with Crippen LogP contribution in [0.1, 0.15) is 21.6 Å². The van der Waals surface area contributed by atoms with Crippen molar-refractivity contribution in [2.75, 3.05) is 14.2 Å². The van der Waals surface area contributed by atoms with E-state index >= 15 is 0 Å². The Morgan fingerprint density at radius 2 is 1.97 bits per heavy atom. The molecule has 2 aromatic carbocycles. The zero-order chi connectivity index (χ0) is 22.5. The van der Waals surface area contributed by atoms with E-state index in [4.69, 9.17) is 26.3 Å². The van der Waals surface area contributed by atoms with E-state index in [1.54, 1.807) is 30.3 Å².